The summed E-state index contributed by atoms with van der Waals surface area (Å²) in [4.78, 5) is 29.8. The Morgan fingerprint density at radius 3 is 2.81 bits per heavy atom. The Balaban J connectivity index is 1.64. The molecule has 4 rings (SSSR count). The number of nitrogens with zero attached hydrogens (tertiary/aromatic N) is 2. The number of anilines is 1. The van der Waals surface area contributed by atoms with Gasteiger partial charge in [0.25, 0.3) is 11.8 Å². The second-order valence-electron chi connectivity index (χ2n) is 6.95. The molecule has 2 aromatic rings. The van der Waals surface area contributed by atoms with Crippen LogP contribution in [0.3, 0.4) is 0 Å². The molecule has 0 unspecified atom stereocenters. The van der Waals surface area contributed by atoms with E-state index in [0.717, 1.165) is 43.4 Å². The van der Waals surface area contributed by atoms with Gasteiger partial charge in [0.2, 0.25) is 0 Å². The molecule has 2 aliphatic rings. The lowest BCUT2D eigenvalue weighted by Gasteiger charge is -2.17. The Morgan fingerprint density at radius 2 is 2.04 bits per heavy atom. The fraction of sp³-hybridized carbons (Fsp3) is 0.421. The van der Waals surface area contributed by atoms with Gasteiger partial charge in [-0.2, -0.15) is 0 Å². The van der Waals surface area contributed by atoms with Crippen molar-refractivity contribution in [3.8, 4) is 0 Å². The van der Waals surface area contributed by atoms with Crippen LogP contribution in [0, 0.1) is 6.92 Å². The molecule has 2 heterocycles. The number of rotatable bonds is 4. The Kier molecular flexibility index (Phi) is 4.44. The van der Waals surface area contributed by atoms with Crippen molar-refractivity contribution in [3.05, 3.63) is 46.0 Å². The number of aromatic nitrogens is 2. The minimum Gasteiger partial charge on any atom is -0.348 e. The molecular formula is C19H21ClN4O2. The average molecular weight is 373 g/mol. The number of carbonyl (C=O) groups excluding carboxylic acids is 2. The van der Waals surface area contributed by atoms with Crippen molar-refractivity contribution >= 4 is 29.1 Å². The second-order valence-corrected chi connectivity index (χ2v) is 7.36. The van der Waals surface area contributed by atoms with Gasteiger partial charge in [-0.1, -0.05) is 17.7 Å². The van der Waals surface area contributed by atoms with Crippen LogP contribution < -0.4 is 10.6 Å². The predicted octanol–water partition coefficient (Wildman–Crippen LogP) is 3.33. The van der Waals surface area contributed by atoms with Crippen molar-refractivity contribution in [2.45, 2.75) is 51.6 Å². The lowest BCUT2D eigenvalue weighted by molar-refractivity contribution is 0.0945. The normalized spacial score (nSPS) is 16.1. The number of imidazole rings is 1. The lowest BCUT2D eigenvalue weighted by Crippen LogP contribution is -2.27. The highest BCUT2D eigenvalue weighted by atomic mass is 35.5. The van der Waals surface area contributed by atoms with Crippen LogP contribution in [-0.4, -0.2) is 27.4 Å². The van der Waals surface area contributed by atoms with Crippen LogP contribution >= 0.6 is 11.6 Å². The van der Waals surface area contributed by atoms with E-state index in [1.165, 1.54) is 0 Å². The fourth-order valence-corrected chi connectivity index (χ4v) is 3.48. The van der Waals surface area contributed by atoms with Crippen LogP contribution in [0.5, 0.6) is 0 Å². The Morgan fingerprint density at radius 1 is 1.23 bits per heavy atom. The van der Waals surface area contributed by atoms with Gasteiger partial charge in [-0.05, 0) is 56.7 Å². The third-order valence-corrected chi connectivity index (χ3v) is 5.37. The first-order chi connectivity index (χ1) is 12.5. The highest BCUT2D eigenvalue weighted by molar-refractivity contribution is 6.31. The summed E-state index contributed by atoms with van der Waals surface area (Å²) >= 11 is 6.13. The molecule has 0 saturated heterocycles. The quantitative estimate of drug-likeness (QED) is 0.864. The van der Waals surface area contributed by atoms with Gasteiger partial charge in [0.1, 0.15) is 5.69 Å². The van der Waals surface area contributed by atoms with Crippen LogP contribution in [0.2, 0.25) is 5.02 Å². The van der Waals surface area contributed by atoms with Gasteiger partial charge < -0.3 is 15.2 Å². The molecule has 136 valence electrons. The van der Waals surface area contributed by atoms with E-state index >= 15 is 0 Å². The zero-order chi connectivity index (χ0) is 18.3. The van der Waals surface area contributed by atoms with Gasteiger partial charge in [0, 0.05) is 23.3 Å². The maximum absolute atomic E-state index is 12.9. The van der Waals surface area contributed by atoms with E-state index in [0.29, 0.717) is 28.8 Å². The maximum atomic E-state index is 12.9. The molecule has 2 amide bonds. The summed E-state index contributed by atoms with van der Waals surface area (Å²) in [5.41, 5.74) is 2.71. The first-order valence-electron chi connectivity index (χ1n) is 9.01. The van der Waals surface area contributed by atoms with E-state index in [1.807, 2.05) is 11.5 Å². The number of amides is 2. The maximum Gasteiger partial charge on any atom is 0.291 e. The first-order valence-corrected chi connectivity index (χ1v) is 9.39. The molecule has 26 heavy (non-hydrogen) atoms. The Hall–Kier alpha value is -2.34. The van der Waals surface area contributed by atoms with Crippen LogP contribution in [0.15, 0.2) is 18.2 Å². The van der Waals surface area contributed by atoms with Gasteiger partial charge >= 0.3 is 0 Å². The second kappa shape index (κ2) is 6.76. The molecule has 1 fully saturated rings. The molecule has 0 radical (unpaired) electrons. The molecule has 1 aromatic heterocycles. The molecule has 6 nitrogen and oxygen atoms in total. The van der Waals surface area contributed by atoms with Gasteiger partial charge in [-0.3, -0.25) is 9.59 Å². The molecule has 1 aliphatic heterocycles. The molecular weight excluding hydrogens is 352 g/mol. The molecule has 1 aromatic carbocycles. The largest absolute Gasteiger partial charge is 0.348 e. The van der Waals surface area contributed by atoms with Gasteiger partial charge in [0.05, 0.1) is 5.69 Å². The van der Waals surface area contributed by atoms with Crippen molar-refractivity contribution in [3.63, 3.8) is 0 Å². The highest BCUT2D eigenvalue weighted by Gasteiger charge is 2.30. The SMILES string of the molecule is Cc1c(Cl)cccc1NC(=O)c1nc(C(=O)NC2CC2)c2n1CCCC2. The summed E-state index contributed by atoms with van der Waals surface area (Å²) in [6, 6.07) is 5.64. The fourth-order valence-electron chi connectivity index (χ4n) is 3.30. The molecule has 0 bridgehead atoms. The Labute approximate surface area is 156 Å². The minimum absolute atomic E-state index is 0.170. The van der Waals surface area contributed by atoms with Crippen molar-refractivity contribution < 1.29 is 9.59 Å². The smallest absolute Gasteiger partial charge is 0.291 e. The van der Waals surface area contributed by atoms with Crippen LogP contribution in [0.25, 0.3) is 0 Å². The van der Waals surface area contributed by atoms with Crippen molar-refractivity contribution in [1.82, 2.24) is 14.9 Å². The van der Waals surface area contributed by atoms with E-state index in [-0.39, 0.29) is 17.9 Å². The number of hydrogen-bond acceptors (Lipinski definition) is 3. The Bertz CT molecular complexity index is 886. The first kappa shape index (κ1) is 17.1. The van der Waals surface area contributed by atoms with Gasteiger partial charge in [0.15, 0.2) is 5.82 Å². The van der Waals surface area contributed by atoms with E-state index < -0.39 is 0 Å². The molecule has 7 heteroatoms. The third kappa shape index (κ3) is 3.21. The van der Waals surface area contributed by atoms with E-state index in [2.05, 4.69) is 15.6 Å². The minimum atomic E-state index is -0.316. The molecule has 2 N–H and O–H groups in total. The molecule has 1 saturated carbocycles. The number of carbonyl (C=O) groups is 2. The highest BCUT2D eigenvalue weighted by Crippen LogP contribution is 2.26. The number of hydrogen-bond donors (Lipinski definition) is 2. The monoisotopic (exact) mass is 372 g/mol. The summed E-state index contributed by atoms with van der Waals surface area (Å²) < 4.78 is 1.89. The van der Waals surface area contributed by atoms with E-state index in [9.17, 15) is 9.59 Å². The topological polar surface area (TPSA) is 76.0 Å². The molecule has 0 atom stereocenters. The van der Waals surface area contributed by atoms with Crippen molar-refractivity contribution in [2.75, 3.05) is 5.32 Å². The number of benzene rings is 1. The zero-order valence-corrected chi connectivity index (χ0v) is 15.4. The van der Waals surface area contributed by atoms with Gasteiger partial charge in [-0.15, -0.1) is 0 Å². The standard InChI is InChI=1S/C19H21ClN4O2/c1-11-13(20)5-4-6-14(11)22-19(26)17-23-16(18(25)21-12-8-9-12)15-7-2-3-10-24(15)17/h4-6,12H,2-3,7-10H2,1H3,(H,21,25)(H,22,26). The van der Waals surface area contributed by atoms with E-state index in [4.69, 9.17) is 11.6 Å². The average Bonchev–Trinajstić information content (AvgIpc) is 3.35. The van der Waals surface area contributed by atoms with Crippen molar-refractivity contribution in [1.29, 1.82) is 0 Å². The predicted molar refractivity (Wildman–Crippen MR) is 99.8 cm³/mol. The number of nitrogens with one attached hydrogen (secondary N) is 2. The summed E-state index contributed by atoms with van der Waals surface area (Å²) in [5, 5.41) is 6.45. The van der Waals surface area contributed by atoms with Crippen molar-refractivity contribution in [2.24, 2.45) is 0 Å². The van der Waals surface area contributed by atoms with E-state index in [1.54, 1.807) is 18.2 Å². The summed E-state index contributed by atoms with van der Waals surface area (Å²) in [6.45, 7) is 2.56. The van der Waals surface area contributed by atoms with Crippen LogP contribution in [0.4, 0.5) is 5.69 Å². The summed E-state index contributed by atoms with van der Waals surface area (Å²) in [5.74, 6) is -0.194. The number of fused-ring (bicyclic) bond motifs is 1. The molecule has 0 spiro atoms. The third-order valence-electron chi connectivity index (χ3n) is 4.96. The summed E-state index contributed by atoms with van der Waals surface area (Å²) in [6.07, 6.45) is 4.78. The zero-order valence-electron chi connectivity index (χ0n) is 14.6. The molecule has 1 aliphatic carbocycles. The van der Waals surface area contributed by atoms with Crippen LogP contribution in [0.1, 0.15) is 58.0 Å². The summed E-state index contributed by atoms with van der Waals surface area (Å²) in [7, 11) is 0. The lowest BCUT2D eigenvalue weighted by atomic mass is 10.1. The van der Waals surface area contributed by atoms with Gasteiger partial charge in [-0.25, -0.2) is 4.98 Å². The number of halogens is 1. The van der Waals surface area contributed by atoms with Crippen LogP contribution in [-0.2, 0) is 13.0 Å².